The molecule has 0 aliphatic carbocycles. The lowest BCUT2D eigenvalue weighted by atomic mass is 10.1. The van der Waals surface area contributed by atoms with Gasteiger partial charge in [-0.1, -0.05) is 17.7 Å². The van der Waals surface area contributed by atoms with E-state index in [9.17, 15) is 22.0 Å². The molecule has 0 heterocycles. The van der Waals surface area contributed by atoms with Crippen LogP contribution in [0.5, 0.6) is 0 Å². The summed E-state index contributed by atoms with van der Waals surface area (Å²) in [6.07, 6.45) is 0.257. The summed E-state index contributed by atoms with van der Waals surface area (Å²) in [5.74, 6) is -1.76. The van der Waals surface area contributed by atoms with Crippen molar-refractivity contribution >= 4 is 21.6 Å². The minimum atomic E-state index is -3.78. The van der Waals surface area contributed by atoms with E-state index in [0.717, 1.165) is 11.6 Å². The Morgan fingerprint density at radius 3 is 2.10 bits per heavy atom. The molecule has 30 heavy (non-hydrogen) atoms. The molecule has 5 nitrogen and oxygen atoms in total. The molecule has 0 aromatic heterocycles. The molecule has 0 radical (unpaired) electrons. The van der Waals surface area contributed by atoms with E-state index in [2.05, 4.69) is 10.0 Å². The predicted molar refractivity (Wildman–Crippen MR) is 111 cm³/mol. The van der Waals surface area contributed by atoms with Gasteiger partial charge in [0.15, 0.2) is 0 Å². The quantitative estimate of drug-likeness (QED) is 0.594. The molecule has 2 N–H and O–H groups in total. The first-order chi connectivity index (χ1) is 14.2. The highest BCUT2D eigenvalue weighted by atomic mass is 32.2. The largest absolute Gasteiger partial charge is 0.352 e. The zero-order chi connectivity index (χ0) is 21.7. The van der Waals surface area contributed by atoms with Gasteiger partial charge in [-0.15, -0.1) is 0 Å². The standard InChI is InChI=1S/C22H20F2N2O3S/c1-15-2-6-20(7-3-15)26-30(28,29)21-8-4-17(5-9-21)22(27)25-11-10-16-12-18(23)14-19(24)13-16/h2-9,12-14,26H,10-11H2,1H3,(H,25,27). The van der Waals surface area contributed by atoms with Gasteiger partial charge in [-0.05, 0) is 67.4 Å². The van der Waals surface area contributed by atoms with Gasteiger partial charge >= 0.3 is 0 Å². The molecule has 0 saturated carbocycles. The molecule has 3 aromatic rings. The fraction of sp³-hybridized carbons (Fsp3) is 0.136. The van der Waals surface area contributed by atoms with E-state index in [1.807, 2.05) is 6.92 Å². The molecule has 0 aliphatic rings. The van der Waals surface area contributed by atoms with Gasteiger partial charge in [-0.25, -0.2) is 17.2 Å². The zero-order valence-electron chi connectivity index (χ0n) is 16.2. The van der Waals surface area contributed by atoms with E-state index in [4.69, 9.17) is 0 Å². The lowest BCUT2D eigenvalue weighted by Gasteiger charge is -2.10. The average Bonchev–Trinajstić information content (AvgIpc) is 2.69. The van der Waals surface area contributed by atoms with Crippen LogP contribution in [0.3, 0.4) is 0 Å². The molecule has 3 rings (SSSR count). The lowest BCUT2D eigenvalue weighted by molar-refractivity contribution is 0.0954. The molecule has 0 atom stereocenters. The second-order valence-corrected chi connectivity index (χ2v) is 8.46. The maximum Gasteiger partial charge on any atom is 0.261 e. The molecule has 1 amide bonds. The summed E-state index contributed by atoms with van der Waals surface area (Å²) in [7, 11) is -3.78. The molecule has 0 spiro atoms. The number of hydrogen-bond donors (Lipinski definition) is 2. The number of sulfonamides is 1. The van der Waals surface area contributed by atoms with Gasteiger partial charge in [0.05, 0.1) is 4.90 Å². The van der Waals surface area contributed by atoms with Gasteiger partial charge in [-0.2, -0.15) is 0 Å². The van der Waals surface area contributed by atoms with Crippen molar-refractivity contribution < 1.29 is 22.0 Å². The smallest absolute Gasteiger partial charge is 0.261 e. The average molecular weight is 430 g/mol. The van der Waals surface area contributed by atoms with Gasteiger partial charge < -0.3 is 5.32 Å². The number of carbonyl (C=O) groups is 1. The molecule has 8 heteroatoms. The van der Waals surface area contributed by atoms with Crippen LogP contribution < -0.4 is 10.0 Å². The third kappa shape index (κ3) is 5.64. The van der Waals surface area contributed by atoms with Crippen LogP contribution in [-0.4, -0.2) is 20.9 Å². The Balaban J connectivity index is 1.60. The first kappa shape index (κ1) is 21.4. The Hall–Kier alpha value is -3.26. The van der Waals surface area contributed by atoms with Gasteiger partial charge in [0.1, 0.15) is 11.6 Å². The van der Waals surface area contributed by atoms with E-state index >= 15 is 0 Å². The Bertz CT molecular complexity index is 1130. The summed E-state index contributed by atoms with van der Waals surface area (Å²) in [4.78, 5) is 12.3. The molecule has 0 bridgehead atoms. The number of aryl methyl sites for hydroxylation is 1. The highest BCUT2D eigenvalue weighted by Gasteiger charge is 2.15. The van der Waals surface area contributed by atoms with Crippen molar-refractivity contribution in [1.29, 1.82) is 0 Å². The summed E-state index contributed by atoms with van der Waals surface area (Å²) in [5.41, 5.74) is 2.15. The third-order valence-electron chi connectivity index (χ3n) is 4.35. The number of benzene rings is 3. The van der Waals surface area contributed by atoms with E-state index < -0.39 is 27.6 Å². The number of rotatable bonds is 7. The highest BCUT2D eigenvalue weighted by molar-refractivity contribution is 7.92. The molecule has 156 valence electrons. The summed E-state index contributed by atoms with van der Waals surface area (Å²) in [6, 6.07) is 15.6. The number of carbonyl (C=O) groups excluding carboxylic acids is 1. The Morgan fingerprint density at radius 1 is 0.900 bits per heavy atom. The molecule has 0 saturated heterocycles. The Labute approximate surface area is 173 Å². The molecule has 0 unspecified atom stereocenters. The highest BCUT2D eigenvalue weighted by Crippen LogP contribution is 2.17. The van der Waals surface area contributed by atoms with E-state index in [1.165, 1.54) is 36.4 Å². The summed E-state index contributed by atoms with van der Waals surface area (Å²) in [6.45, 7) is 2.08. The van der Waals surface area contributed by atoms with Crippen LogP contribution in [-0.2, 0) is 16.4 Å². The molecular weight excluding hydrogens is 410 g/mol. The Kier molecular flexibility index (Phi) is 6.47. The molecule has 3 aromatic carbocycles. The van der Waals surface area contributed by atoms with Crippen LogP contribution >= 0.6 is 0 Å². The van der Waals surface area contributed by atoms with Gasteiger partial charge in [-0.3, -0.25) is 9.52 Å². The summed E-state index contributed by atoms with van der Waals surface area (Å²) in [5, 5.41) is 2.64. The predicted octanol–water partition coefficient (Wildman–Crippen LogP) is 4.05. The number of nitrogens with one attached hydrogen (secondary N) is 2. The fourth-order valence-corrected chi connectivity index (χ4v) is 3.86. The fourth-order valence-electron chi connectivity index (χ4n) is 2.80. The van der Waals surface area contributed by atoms with E-state index in [0.29, 0.717) is 11.3 Å². The third-order valence-corrected chi connectivity index (χ3v) is 5.75. The number of anilines is 1. The monoisotopic (exact) mass is 430 g/mol. The number of amides is 1. The van der Waals surface area contributed by atoms with E-state index in [1.54, 1.807) is 24.3 Å². The maximum absolute atomic E-state index is 13.2. The van der Waals surface area contributed by atoms with Crippen molar-refractivity contribution in [2.75, 3.05) is 11.3 Å². The number of hydrogen-bond acceptors (Lipinski definition) is 3. The van der Waals surface area contributed by atoms with E-state index in [-0.39, 0.29) is 23.4 Å². The van der Waals surface area contributed by atoms with Crippen molar-refractivity contribution in [3.8, 4) is 0 Å². The SMILES string of the molecule is Cc1ccc(NS(=O)(=O)c2ccc(C(=O)NCCc3cc(F)cc(F)c3)cc2)cc1. The van der Waals surface area contributed by atoms with Crippen LogP contribution in [0.1, 0.15) is 21.5 Å². The van der Waals surface area contributed by atoms with Crippen molar-refractivity contribution in [3.05, 3.63) is 95.1 Å². The van der Waals surface area contributed by atoms with Crippen molar-refractivity contribution in [1.82, 2.24) is 5.32 Å². The summed E-state index contributed by atoms with van der Waals surface area (Å²) >= 11 is 0. The van der Waals surface area contributed by atoms with Gasteiger partial charge in [0.2, 0.25) is 0 Å². The Morgan fingerprint density at radius 2 is 1.50 bits per heavy atom. The van der Waals surface area contributed by atoms with Crippen LogP contribution in [0.2, 0.25) is 0 Å². The molecule has 0 aliphatic heterocycles. The van der Waals surface area contributed by atoms with Gasteiger partial charge in [0, 0.05) is 23.9 Å². The first-order valence-electron chi connectivity index (χ1n) is 9.16. The zero-order valence-corrected chi connectivity index (χ0v) is 17.0. The number of halogens is 2. The van der Waals surface area contributed by atoms with Gasteiger partial charge in [0.25, 0.3) is 15.9 Å². The van der Waals surface area contributed by atoms with Crippen LogP contribution in [0.15, 0.2) is 71.6 Å². The molecule has 0 fully saturated rings. The minimum absolute atomic E-state index is 0.0230. The van der Waals surface area contributed by atoms with Crippen LogP contribution in [0.4, 0.5) is 14.5 Å². The summed E-state index contributed by atoms with van der Waals surface area (Å²) < 4.78 is 53.8. The second kappa shape index (κ2) is 9.04. The van der Waals surface area contributed by atoms with Crippen molar-refractivity contribution in [2.24, 2.45) is 0 Å². The van der Waals surface area contributed by atoms with Crippen molar-refractivity contribution in [3.63, 3.8) is 0 Å². The van der Waals surface area contributed by atoms with Crippen molar-refractivity contribution in [2.45, 2.75) is 18.2 Å². The van der Waals surface area contributed by atoms with Crippen LogP contribution in [0.25, 0.3) is 0 Å². The normalized spacial score (nSPS) is 11.2. The van der Waals surface area contributed by atoms with Crippen LogP contribution in [0, 0.1) is 18.6 Å². The maximum atomic E-state index is 13.2. The first-order valence-corrected chi connectivity index (χ1v) is 10.6. The minimum Gasteiger partial charge on any atom is -0.352 e. The topological polar surface area (TPSA) is 75.3 Å². The lowest BCUT2D eigenvalue weighted by Crippen LogP contribution is -2.25. The second-order valence-electron chi connectivity index (χ2n) is 6.78. The molecular formula is C22H20F2N2O3S.